The van der Waals surface area contributed by atoms with Crippen molar-refractivity contribution in [3.05, 3.63) is 106 Å². The minimum atomic E-state index is -0.419. The summed E-state index contributed by atoms with van der Waals surface area (Å²) in [6, 6.07) is 16.6. The van der Waals surface area contributed by atoms with Crippen LogP contribution < -0.4 is 9.47 Å². The molecule has 5 rings (SSSR count). The molecule has 4 aromatic rings. The zero-order valence-corrected chi connectivity index (χ0v) is 26.2. The second-order valence-electron chi connectivity index (χ2n) is 11.8. The topological polar surface area (TPSA) is 104 Å². The standard InChI is InChI=1S/C36H38F2N4O4/c1-45-31-12-14-33(37)25(21-31)19-29(43)10-6-27-8-16-35(41-39-27)23-4-3-5-24(18-23)36-17-9-28(40-42-36)7-11-30(44)20-26-22-32(46-2)13-15-34(26)38/h8-9,12-17,21-24H,3-7,10-11,18-20H2,1-2H3. The van der Waals surface area contributed by atoms with Crippen LogP contribution in [0.15, 0.2) is 60.7 Å². The third kappa shape index (κ3) is 8.77. The molecule has 0 saturated heterocycles. The first kappa shape index (κ1) is 32.8. The molecule has 0 amide bonds. The van der Waals surface area contributed by atoms with Gasteiger partial charge in [-0.3, -0.25) is 9.59 Å². The number of hydrogen-bond acceptors (Lipinski definition) is 8. The number of benzene rings is 2. The molecule has 2 atom stereocenters. The van der Waals surface area contributed by atoms with Gasteiger partial charge in [-0.25, -0.2) is 8.78 Å². The van der Waals surface area contributed by atoms with Gasteiger partial charge in [0.2, 0.25) is 0 Å². The van der Waals surface area contributed by atoms with Gasteiger partial charge >= 0.3 is 0 Å². The molecule has 0 spiro atoms. The summed E-state index contributed by atoms with van der Waals surface area (Å²) in [5, 5.41) is 17.8. The molecule has 1 saturated carbocycles. The summed E-state index contributed by atoms with van der Waals surface area (Å²) in [5.41, 5.74) is 3.95. The molecule has 10 heteroatoms. The Kier molecular flexibility index (Phi) is 11.1. The van der Waals surface area contributed by atoms with Crippen LogP contribution in [0.4, 0.5) is 8.78 Å². The van der Waals surface area contributed by atoms with Crippen LogP contribution in [0.2, 0.25) is 0 Å². The predicted octanol–water partition coefficient (Wildman–Crippen LogP) is 6.49. The molecule has 2 aromatic carbocycles. The second-order valence-corrected chi connectivity index (χ2v) is 11.8. The third-order valence-electron chi connectivity index (χ3n) is 8.59. The van der Waals surface area contributed by atoms with Crippen LogP contribution in [0.5, 0.6) is 11.5 Å². The van der Waals surface area contributed by atoms with E-state index in [9.17, 15) is 18.4 Å². The lowest BCUT2D eigenvalue weighted by Gasteiger charge is -2.28. The van der Waals surface area contributed by atoms with Crippen LogP contribution in [-0.2, 0) is 35.3 Å². The number of carbonyl (C=O) groups excluding carboxylic acids is 2. The number of ether oxygens (including phenoxy) is 2. The highest BCUT2D eigenvalue weighted by atomic mass is 19.1. The van der Waals surface area contributed by atoms with Crippen molar-refractivity contribution in [1.82, 2.24) is 20.4 Å². The van der Waals surface area contributed by atoms with Gasteiger partial charge < -0.3 is 9.47 Å². The molecule has 240 valence electrons. The average molecular weight is 629 g/mol. The number of methoxy groups -OCH3 is 2. The Hall–Kier alpha value is -4.60. The molecular weight excluding hydrogens is 590 g/mol. The van der Waals surface area contributed by atoms with E-state index < -0.39 is 11.6 Å². The smallest absolute Gasteiger partial charge is 0.137 e. The maximum Gasteiger partial charge on any atom is 0.137 e. The van der Waals surface area contributed by atoms with E-state index in [1.54, 1.807) is 12.1 Å². The molecule has 2 unspecified atom stereocenters. The van der Waals surface area contributed by atoms with E-state index in [-0.39, 0.29) is 49.1 Å². The van der Waals surface area contributed by atoms with Crippen LogP contribution in [-0.4, -0.2) is 46.2 Å². The van der Waals surface area contributed by atoms with Gasteiger partial charge in [0, 0.05) is 37.5 Å². The Balaban J connectivity index is 1.09. The molecule has 1 aliphatic carbocycles. The van der Waals surface area contributed by atoms with E-state index >= 15 is 0 Å². The van der Waals surface area contributed by atoms with Crippen LogP contribution in [0, 0.1) is 11.6 Å². The van der Waals surface area contributed by atoms with E-state index in [1.165, 1.54) is 38.5 Å². The maximum absolute atomic E-state index is 14.1. The summed E-state index contributed by atoms with van der Waals surface area (Å²) in [6.07, 6.45) is 5.33. The first-order valence-corrected chi connectivity index (χ1v) is 15.6. The highest BCUT2D eigenvalue weighted by Crippen LogP contribution is 2.39. The van der Waals surface area contributed by atoms with Crippen molar-refractivity contribution in [2.24, 2.45) is 0 Å². The molecule has 0 radical (unpaired) electrons. The quantitative estimate of drug-likeness (QED) is 0.156. The molecule has 46 heavy (non-hydrogen) atoms. The fourth-order valence-electron chi connectivity index (χ4n) is 5.93. The monoisotopic (exact) mass is 628 g/mol. The Morgan fingerprint density at radius 3 is 1.52 bits per heavy atom. The Morgan fingerprint density at radius 1 is 0.674 bits per heavy atom. The summed E-state index contributed by atoms with van der Waals surface area (Å²) in [4.78, 5) is 25.0. The van der Waals surface area contributed by atoms with E-state index in [4.69, 9.17) is 9.47 Å². The van der Waals surface area contributed by atoms with Crippen molar-refractivity contribution in [3.8, 4) is 11.5 Å². The maximum atomic E-state index is 14.1. The number of carbonyl (C=O) groups is 2. The summed E-state index contributed by atoms with van der Waals surface area (Å²) in [6.45, 7) is 0. The van der Waals surface area contributed by atoms with E-state index in [1.807, 2.05) is 24.3 Å². The van der Waals surface area contributed by atoms with Crippen molar-refractivity contribution in [1.29, 1.82) is 0 Å². The number of rotatable bonds is 14. The van der Waals surface area contributed by atoms with Crippen molar-refractivity contribution in [2.45, 2.75) is 76.0 Å². The zero-order chi connectivity index (χ0) is 32.5. The van der Waals surface area contributed by atoms with Crippen molar-refractivity contribution >= 4 is 11.6 Å². The first-order chi connectivity index (χ1) is 22.3. The largest absolute Gasteiger partial charge is 0.497 e. The molecule has 1 fully saturated rings. The van der Waals surface area contributed by atoms with Crippen molar-refractivity contribution in [3.63, 3.8) is 0 Å². The molecule has 2 heterocycles. The average Bonchev–Trinajstić information content (AvgIpc) is 3.09. The molecule has 2 aromatic heterocycles. The van der Waals surface area contributed by atoms with Crippen molar-refractivity contribution < 1.29 is 27.8 Å². The van der Waals surface area contributed by atoms with E-state index in [0.717, 1.165) is 48.5 Å². The van der Waals surface area contributed by atoms with Gasteiger partial charge in [-0.15, -0.1) is 0 Å². The van der Waals surface area contributed by atoms with Crippen LogP contribution >= 0.6 is 0 Å². The van der Waals surface area contributed by atoms with Crippen LogP contribution in [0.25, 0.3) is 0 Å². The number of aryl methyl sites for hydroxylation is 2. The summed E-state index contributed by atoms with van der Waals surface area (Å²) >= 11 is 0. The van der Waals surface area contributed by atoms with Gasteiger partial charge in [-0.05, 0) is 104 Å². The van der Waals surface area contributed by atoms with Gasteiger partial charge in [0.25, 0.3) is 0 Å². The first-order valence-electron chi connectivity index (χ1n) is 15.6. The third-order valence-corrected chi connectivity index (χ3v) is 8.59. The highest BCUT2D eigenvalue weighted by molar-refractivity contribution is 5.81. The number of aromatic nitrogens is 4. The summed E-state index contributed by atoms with van der Waals surface area (Å²) in [5.74, 6) is 0.540. The lowest BCUT2D eigenvalue weighted by atomic mass is 9.78. The highest BCUT2D eigenvalue weighted by Gasteiger charge is 2.27. The molecule has 0 aliphatic heterocycles. The van der Waals surface area contributed by atoms with Gasteiger partial charge in [0.1, 0.15) is 34.7 Å². The summed E-state index contributed by atoms with van der Waals surface area (Å²) in [7, 11) is 3.01. The minimum absolute atomic E-state index is 0.00545. The normalized spacial score (nSPS) is 16.2. The SMILES string of the molecule is COc1ccc(F)c(CC(=O)CCc2ccc(C3CCCC(c4ccc(CCC(=O)Cc5cc(OC)ccc5F)nn4)C3)nn2)c1. The lowest BCUT2D eigenvalue weighted by molar-refractivity contribution is -0.119. The molecule has 0 bridgehead atoms. The lowest BCUT2D eigenvalue weighted by Crippen LogP contribution is -2.16. The van der Waals surface area contributed by atoms with Gasteiger partial charge in [-0.2, -0.15) is 20.4 Å². The fraction of sp³-hybridized carbons (Fsp3) is 0.389. The second kappa shape index (κ2) is 15.6. The Morgan fingerprint density at radius 2 is 1.13 bits per heavy atom. The minimum Gasteiger partial charge on any atom is -0.497 e. The van der Waals surface area contributed by atoms with E-state index in [0.29, 0.717) is 35.5 Å². The number of ketones is 2. The van der Waals surface area contributed by atoms with Gasteiger partial charge in [0.05, 0.1) is 37.0 Å². The molecular formula is C36H38F2N4O4. The fourth-order valence-corrected chi connectivity index (χ4v) is 5.93. The Bertz CT molecular complexity index is 1530. The number of Topliss-reactive ketones (excluding diaryl/α,β-unsaturated/α-hetero) is 2. The van der Waals surface area contributed by atoms with E-state index in [2.05, 4.69) is 20.4 Å². The van der Waals surface area contributed by atoms with Crippen LogP contribution in [0.3, 0.4) is 0 Å². The predicted molar refractivity (Wildman–Crippen MR) is 168 cm³/mol. The summed E-state index contributed by atoms with van der Waals surface area (Å²) < 4.78 is 38.4. The molecule has 0 N–H and O–H groups in total. The number of hydrogen-bond donors (Lipinski definition) is 0. The Labute approximate surface area is 267 Å². The van der Waals surface area contributed by atoms with Gasteiger partial charge in [-0.1, -0.05) is 6.42 Å². The number of halogens is 2. The zero-order valence-electron chi connectivity index (χ0n) is 26.2. The number of nitrogens with zero attached hydrogens (tertiary/aromatic N) is 4. The molecule has 1 aliphatic rings. The van der Waals surface area contributed by atoms with Gasteiger partial charge in [0.15, 0.2) is 0 Å². The molecule has 8 nitrogen and oxygen atoms in total. The van der Waals surface area contributed by atoms with Crippen molar-refractivity contribution in [2.75, 3.05) is 14.2 Å². The van der Waals surface area contributed by atoms with Crippen LogP contribution in [0.1, 0.15) is 84.3 Å².